The first-order valence-electron chi connectivity index (χ1n) is 5.77. The first kappa shape index (κ1) is 12.0. The molecule has 1 aliphatic heterocycles. The second-order valence-electron chi connectivity index (χ2n) is 4.84. The molecule has 4 heteroatoms. The Bertz CT molecular complexity index is 442. The van der Waals surface area contributed by atoms with Crippen LogP contribution in [0.5, 0.6) is 0 Å². The van der Waals surface area contributed by atoms with Crippen molar-refractivity contribution in [1.82, 2.24) is 9.80 Å². The van der Waals surface area contributed by atoms with Gasteiger partial charge < -0.3 is 9.80 Å². The average molecular weight is 235 g/mol. The number of hydrogen-bond acceptors (Lipinski definition) is 2. The minimum Gasteiger partial charge on any atom is -0.351 e. The van der Waals surface area contributed by atoms with Crippen molar-refractivity contribution in [2.75, 3.05) is 20.6 Å². The van der Waals surface area contributed by atoms with Gasteiger partial charge in [-0.2, -0.15) is 0 Å². The molecule has 0 radical (unpaired) electrons. The number of amidine groups is 1. The Morgan fingerprint density at radius 1 is 1.47 bits per heavy atom. The van der Waals surface area contributed by atoms with Crippen LogP contribution in [0.1, 0.15) is 18.1 Å². The van der Waals surface area contributed by atoms with Gasteiger partial charge in [-0.15, -0.1) is 0 Å². The molecule has 1 N–H and O–H groups in total. The molecule has 0 amide bonds. The molecule has 1 aromatic rings. The van der Waals surface area contributed by atoms with Gasteiger partial charge in [-0.25, -0.2) is 4.39 Å². The Balaban J connectivity index is 2.15. The van der Waals surface area contributed by atoms with Gasteiger partial charge >= 0.3 is 0 Å². The minimum atomic E-state index is -0.268. The summed E-state index contributed by atoms with van der Waals surface area (Å²) >= 11 is 0. The molecule has 92 valence electrons. The molecule has 1 atom stereocenters. The Kier molecular flexibility index (Phi) is 3.15. The smallest absolute Gasteiger partial charge is 0.128 e. The number of nitrogens with one attached hydrogen (secondary N) is 1. The van der Waals surface area contributed by atoms with Gasteiger partial charge in [0.25, 0.3) is 0 Å². The van der Waals surface area contributed by atoms with E-state index in [0.29, 0.717) is 18.4 Å². The van der Waals surface area contributed by atoms with Crippen molar-refractivity contribution in [3.8, 4) is 0 Å². The molecule has 1 aromatic carbocycles. The van der Waals surface area contributed by atoms with E-state index in [4.69, 9.17) is 5.41 Å². The summed E-state index contributed by atoms with van der Waals surface area (Å²) in [6, 6.07) is 5.07. The van der Waals surface area contributed by atoms with Crippen molar-refractivity contribution in [3.63, 3.8) is 0 Å². The summed E-state index contributed by atoms with van der Waals surface area (Å²) in [5.74, 6) is 0.171. The standard InChI is InChI=1S/C13H18FN3/c1-9(16(2)3)7-17-8-10-4-5-11(14)6-12(10)13(17)15/h4-6,9,15H,7-8H2,1-3H3. The number of nitrogens with zero attached hydrogens (tertiary/aromatic N) is 2. The minimum absolute atomic E-state index is 0.268. The van der Waals surface area contributed by atoms with Crippen LogP contribution in [0.3, 0.4) is 0 Å². The highest BCUT2D eigenvalue weighted by Gasteiger charge is 2.25. The summed E-state index contributed by atoms with van der Waals surface area (Å²) in [5, 5.41) is 8.06. The molecule has 1 unspecified atom stereocenters. The maximum Gasteiger partial charge on any atom is 0.128 e. The number of fused-ring (bicyclic) bond motifs is 1. The number of benzene rings is 1. The molecule has 3 nitrogen and oxygen atoms in total. The quantitative estimate of drug-likeness (QED) is 0.867. The van der Waals surface area contributed by atoms with Crippen molar-refractivity contribution < 1.29 is 4.39 Å². The molecule has 0 saturated heterocycles. The maximum absolute atomic E-state index is 13.1. The molecule has 0 aliphatic carbocycles. The normalized spacial score (nSPS) is 16.5. The van der Waals surface area contributed by atoms with Crippen molar-refractivity contribution in [1.29, 1.82) is 5.41 Å². The van der Waals surface area contributed by atoms with Gasteiger partial charge in [0.05, 0.1) is 0 Å². The lowest BCUT2D eigenvalue weighted by Crippen LogP contribution is -2.38. The van der Waals surface area contributed by atoms with E-state index in [-0.39, 0.29) is 5.82 Å². The van der Waals surface area contributed by atoms with E-state index in [9.17, 15) is 4.39 Å². The predicted molar refractivity (Wildman–Crippen MR) is 66.8 cm³/mol. The zero-order valence-electron chi connectivity index (χ0n) is 10.5. The number of halogens is 1. The molecule has 0 fully saturated rings. The highest BCUT2D eigenvalue weighted by atomic mass is 19.1. The summed E-state index contributed by atoms with van der Waals surface area (Å²) in [6.07, 6.45) is 0. The average Bonchev–Trinajstić information content (AvgIpc) is 2.56. The highest BCUT2D eigenvalue weighted by molar-refractivity contribution is 6.00. The Hall–Kier alpha value is -1.42. The molecule has 0 spiro atoms. The second kappa shape index (κ2) is 4.45. The Labute approximate surface area is 101 Å². The van der Waals surface area contributed by atoms with E-state index < -0.39 is 0 Å². The van der Waals surface area contributed by atoms with Gasteiger partial charge in [0.1, 0.15) is 11.7 Å². The molecule has 0 saturated carbocycles. The van der Waals surface area contributed by atoms with Crippen molar-refractivity contribution >= 4 is 5.84 Å². The molecule has 2 rings (SSSR count). The first-order valence-corrected chi connectivity index (χ1v) is 5.77. The monoisotopic (exact) mass is 235 g/mol. The summed E-state index contributed by atoms with van der Waals surface area (Å²) in [6.45, 7) is 3.63. The van der Waals surface area contributed by atoms with E-state index >= 15 is 0 Å². The van der Waals surface area contributed by atoms with Crippen LogP contribution in [-0.4, -0.2) is 42.3 Å². The number of rotatable bonds is 3. The van der Waals surface area contributed by atoms with Gasteiger partial charge in [-0.1, -0.05) is 6.07 Å². The van der Waals surface area contributed by atoms with Crippen LogP contribution in [0.4, 0.5) is 4.39 Å². The summed E-state index contributed by atoms with van der Waals surface area (Å²) < 4.78 is 13.1. The fraction of sp³-hybridized carbons (Fsp3) is 0.462. The van der Waals surface area contributed by atoms with Crippen LogP contribution in [0.25, 0.3) is 0 Å². The third-order valence-corrected chi connectivity index (χ3v) is 3.37. The second-order valence-corrected chi connectivity index (χ2v) is 4.84. The van der Waals surface area contributed by atoms with Crippen LogP contribution in [0.15, 0.2) is 18.2 Å². The highest BCUT2D eigenvalue weighted by Crippen LogP contribution is 2.23. The van der Waals surface area contributed by atoms with Gasteiger partial charge in [-0.05, 0) is 38.7 Å². The molecule has 1 heterocycles. The van der Waals surface area contributed by atoms with Gasteiger partial charge in [0.15, 0.2) is 0 Å². The summed E-state index contributed by atoms with van der Waals surface area (Å²) in [4.78, 5) is 4.12. The fourth-order valence-electron chi connectivity index (χ4n) is 2.00. The van der Waals surface area contributed by atoms with Crippen molar-refractivity contribution in [2.24, 2.45) is 0 Å². The maximum atomic E-state index is 13.1. The Morgan fingerprint density at radius 2 is 2.18 bits per heavy atom. The van der Waals surface area contributed by atoms with Gasteiger partial charge in [0, 0.05) is 24.7 Å². The topological polar surface area (TPSA) is 30.3 Å². The first-order chi connectivity index (χ1) is 7.99. The largest absolute Gasteiger partial charge is 0.351 e. The third-order valence-electron chi connectivity index (χ3n) is 3.37. The summed E-state index contributed by atoms with van der Waals surface area (Å²) in [5.41, 5.74) is 1.78. The number of likely N-dealkylation sites (N-methyl/N-ethyl adjacent to an activating group) is 1. The van der Waals surface area contributed by atoms with Crippen molar-refractivity contribution in [3.05, 3.63) is 35.1 Å². The molecular weight excluding hydrogens is 217 g/mol. The molecular formula is C13H18FN3. The van der Waals surface area contributed by atoms with E-state index in [2.05, 4.69) is 11.8 Å². The van der Waals surface area contributed by atoms with E-state index in [1.54, 1.807) is 6.07 Å². The van der Waals surface area contributed by atoms with Crippen LogP contribution in [0.2, 0.25) is 0 Å². The van der Waals surface area contributed by atoms with Crippen LogP contribution < -0.4 is 0 Å². The molecule has 1 aliphatic rings. The lowest BCUT2D eigenvalue weighted by molar-refractivity contribution is 0.252. The lowest BCUT2D eigenvalue weighted by Gasteiger charge is -2.26. The predicted octanol–water partition coefficient (Wildman–Crippen LogP) is 1.92. The fourth-order valence-corrected chi connectivity index (χ4v) is 2.00. The van der Waals surface area contributed by atoms with Crippen LogP contribution >= 0.6 is 0 Å². The van der Waals surface area contributed by atoms with Crippen LogP contribution in [-0.2, 0) is 6.54 Å². The zero-order valence-corrected chi connectivity index (χ0v) is 10.5. The zero-order chi connectivity index (χ0) is 12.6. The summed E-state index contributed by atoms with van der Waals surface area (Å²) in [7, 11) is 4.05. The van der Waals surface area contributed by atoms with E-state index in [1.165, 1.54) is 12.1 Å². The van der Waals surface area contributed by atoms with Crippen LogP contribution in [0, 0.1) is 11.2 Å². The SMILES string of the molecule is CC(CN1Cc2ccc(F)cc2C1=N)N(C)C. The number of hydrogen-bond donors (Lipinski definition) is 1. The van der Waals surface area contributed by atoms with Crippen molar-refractivity contribution in [2.45, 2.75) is 19.5 Å². The van der Waals surface area contributed by atoms with E-state index in [0.717, 1.165) is 17.7 Å². The van der Waals surface area contributed by atoms with Gasteiger partial charge in [-0.3, -0.25) is 5.41 Å². The molecule has 0 bridgehead atoms. The van der Waals surface area contributed by atoms with Gasteiger partial charge in [0.2, 0.25) is 0 Å². The molecule has 17 heavy (non-hydrogen) atoms. The van der Waals surface area contributed by atoms with E-state index in [1.807, 2.05) is 19.0 Å². The third kappa shape index (κ3) is 2.31. The lowest BCUT2D eigenvalue weighted by atomic mass is 10.1. The molecule has 0 aromatic heterocycles. The Morgan fingerprint density at radius 3 is 2.82 bits per heavy atom.